The number of aromatic nitrogens is 5. The number of nitrogens with zero attached hydrogens (tertiary/aromatic N) is 5. The van der Waals surface area contributed by atoms with Crippen LogP contribution in [0.15, 0.2) is 20.7 Å². The normalized spacial score (nSPS) is 12.3. The van der Waals surface area contributed by atoms with Crippen LogP contribution >= 0.6 is 11.8 Å². The highest BCUT2D eigenvalue weighted by Gasteiger charge is 2.37. The fraction of sp³-hybridized carbons (Fsp3) is 0.333. The molecule has 0 atom stereocenters. The van der Waals surface area contributed by atoms with Crippen molar-refractivity contribution in [3.05, 3.63) is 29.0 Å². The van der Waals surface area contributed by atoms with Crippen molar-refractivity contribution in [2.24, 2.45) is 0 Å². The molecule has 0 aromatic carbocycles. The Bertz CT molecular complexity index is 835. The zero-order valence-corrected chi connectivity index (χ0v) is 12.6. The van der Waals surface area contributed by atoms with E-state index >= 15 is 0 Å². The van der Waals surface area contributed by atoms with Gasteiger partial charge in [0.1, 0.15) is 10.8 Å². The lowest BCUT2D eigenvalue weighted by atomic mass is 10.4. The molecule has 116 valence electrons. The van der Waals surface area contributed by atoms with Crippen molar-refractivity contribution in [1.29, 1.82) is 0 Å². The van der Waals surface area contributed by atoms with Gasteiger partial charge in [-0.05, 0) is 38.6 Å². The summed E-state index contributed by atoms with van der Waals surface area (Å²) in [7, 11) is 0. The van der Waals surface area contributed by atoms with Crippen LogP contribution in [-0.2, 0) is 6.18 Å². The van der Waals surface area contributed by atoms with Gasteiger partial charge in [-0.15, -0.1) is 5.10 Å². The maximum atomic E-state index is 12.7. The van der Waals surface area contributed by atoms with Crippen molar-refractivity contribution >= 4 is 17.5 Å². The third kappa shape index (κ3) is 2.65. The zero-order chi connectivity index (χ0) is 16.1. The first-order valence-corrected chi connectivity index (χ1v) is 6.99. The number of rotatable bonds is 2. The van der Waals surface area contributed by atoms with Crippen molar-refractivity contribution in [2.45, 2.75) is 37.2 Å². The molecule has 0 amide bonds. The predicted molar refractivity (Wildman–Crippen MR) is 70.6 cm³/mol. The molecule has 22 heavy (non-hydrogen) atoms. The molecule has 0 unspecified atom stereocenters. The van der Waals surface area contributed by atoms with Crippen LogP contribution in [-0.4, -0.2) is 24.6 Å². The smallest absolute Gasteiger partial charge is 0.436 e. The molecule has 6 nitrogen and oxygen atoms in total. The lowest BCUT2D eigenvalue weighted by molar-refractivity contribution is -0.144. The highest BCUT2D eigenvalue weighted by molar-refractivity contribution is 7.99. The lowest BCUT2D eigenvalue weighted by Gasteiger charge is -2.01. The summed E-state index contributed by atoms with van der Waals surface area (Å²) in [6.07, 6.45) is -4.63. The van der Waals surface area contributed by atoms with Gasteiger partial charge in [0.05, 0.1) is 5.69 Å². The maximum Gasteiger partial charge on any atom is 0.453 e. The van der Waals surface area contributed by atoms with Gasteiger partial charge in [0.25, 0.3) is 16.8 Å². The quantitative estimate of drug-likeness (QED) is 0.673. The van der Waals surface area contributed by atoms with Crippen molar-refractivity contribution in [1.82, 2.24) is 24.6 Å². The van der Waals surface area contributed by atoms with E-state index in [-0.39, 0.29) is 5.78 Å². The molecule has 0 N–H and O–H groups in total. The van der Waals surface area contributed by atoms with Crippen LogP contribution in [0.5, 0.6) is 0 Å². The number of aryl methyl sites for hydroxylation is 3. The molecule has 10 heteroatoms. The van der Waals surface area contributed by atoms with E-state index in [0.717, 1.165) is 22.0 Å². The van der Waals surface area contributed by atoms with Crippen molar-refractivity contribution in [3.8, 4) is 0 Å². The Balaban J connectivity index is 2.10. The Morgan fingerprint density at radius 3 is 2.45 bits per heavy atom. The molecule has 0 aliphatic carbocycles. The van der Waals surface area contributed by atoms with E-state index in [0.29, 0.717) is 21.7 Å². The number of alkyl halides is 3. The van der Waals surface area contributed by atoms with E-state index in [1.165, 1.54) is 0 Å². The standard InChI is InChI=1S/C12H10F3N5OS/c1-5-4-8(22-11-17-6(2)7(3)21-11)20-10(16-5)18-9(19-20)12(13,14)15/h4H,1-3H3. The molecule has 0 fully saturated rings. The largest absolute Gasteiger partial charge is 0.453 e. The van der Waals surface area contributed by atoms with Crippen molar-refractivity contribution in [3.63, 3.8) is 0 Å². The Hall–Kier alpha value is -2.10. The van der Waals surface area contributed by atoms with Crippen LogP contribution in [0.2, 0.25) is 0 Å². The number of halogens is 3. The van der Waals surface area contributed by atoms with Gasteiger partial charge in [-0.25, -0.2) is 9.97 Å². The summed E-state index contributed by atoms with van der Waals surface area (Å²) in [6, 6.07) is 1.60. The first-order valence-electron chi connectivity index (χ1n) is 6.17. The molecule has 0 saturated carbocycles. The number of hydrogen-bond acceptors (Lipinski definition) is 6. The van der Waals surface area contributed by atoms with Crippen LogP contribution in [0.25, 0.3) is 5.78 Å². The first kappa shape index (κ1) is 14.8. The van der Waals surface area contributed by atoms with E-state index in [4.69, 9.17) is 4.42 Å². The molecule has 3 rings (SSSR count). The summed E-state index contributed by atoms with van der Waals surface area (Å²) >= 11 is 1.07. The molecular formula is C12H10F3N5OS. The third-order valence-corrected chi connectivity index (χ3v) is 3.71. The highest BCUT2D eigenvalue weighted by Crippen LogP contribution is 2.31. The molecular weight excluding hydrogens is 319 g/mol. The molecule has 3 aromatic rings. The van der Waals surface area contributed by atoms with Crippen LogP contribution in [0.4, 0.5) is 13.2 Å². The van der Waals surface area contributed by atoms with Crippen molar-refractivity contribution in [2.75, 3.05) is 0 Å². The topological polar surface area (TPSA) is 69.1 Å². The summed E-state index contributed by atoms with van der Waals surface area (Å²) in [5, 5.41) is 4.20. The van der Waals surface area contributed by atoms with E-state index < -0.39 is 12.0 Å². The summed E-state index contributed by atoms with van der Waals surface area (Å²) < 4.78 is 44.7. The Labute approximate surface area is 126 Å². The van der Waals surface area contributed by atoms with Gasteiger partial charge in [0.2, 0.25) is 0 Å². The fourth-order valence-corrected chi connectivity index (χ4v) is 2.69. The molecule has 0 radical (unpaired) electrons. The van der Waals surface area contributed by atoms with Gasteiger partial charge < -0.3 is 4.42 Å². The molecule has 0 saturated heterocycles. The monoisotopic (exact) mass is 329 g/mol. The minimum absolute atomic E-state index is 0.116. The van der Waals surface area contributed by atoms with Gasteiger partial charge >= 0.3 is 6.18 Å². The van der Waals surface area contributed by atoms with E-state index in [1.54, 1.807) is 26.8 Å². The van der Waals surface area contributed by atoms with Gasteiger partial charge in [-0.2, -0.15) is 22.7 Å². The van der Waals surface area contributed by atoms with Crippen LogP contribution < -0.4 is 0 Å². The maximum absolute atomic E-state index is 12.7. The van der Waals surface area contributed by atoms with E-state index in [9.17, 15) is 13.2 Å². The molecule has 3 heterocycles. The average Bonchev–Trinajstić information content (AvgIpc) is 2.93. The van der Waals surface area contributed by atoms with Gasteiger partial charge in [-0.1, -0.05) is 0 Å². The van der Waals surface area contributed by atoms with Gasteiger partial charge in [-0.3, -0.25) is 0 Å². The van der Waals surface area contributed by atoms with Crippen LogP contribution in [0.1, 0.15) is 23.0 Å². The third-order valence-electron chi connectivity index (χ3n) is 2.86. The Kier molecular flexibility index (Phi) is 3.35. The van der Waals surface area contributed by atoms with Crippen LogP contribution in [0.3, 0.4) is 0 Å². The summed E-state index contributed by atoms with van der Waals surface area (Å²) in [5.74, 6) is -0.693. The predicted octanol–water partition coefficient (Wildman–Crippen LogP) is 3.21. The molecule has 3 aromatic heterocycles. The first-order chi connectivity index (χ1) is 10.2. The van der Waals surface area contributed by atoms with E-state index in [2.05, 4.69) is 20.1 Å². The molecule has 0 aliphatic rings. The minimum atomic E-state index is -4.63. The minimum Gasteiger partial charge on any atom is -0.436 e. The summed E-state index contributed by atoms with van der Waals surface area (Å²) in [6.45, 7) is 5.21. The SMILES string of the molecule is Cc1cc(Sc2nc(C)c(C)o2)n2nc(C(F)(F)F)nc2n1. The highest BCUT2D eigenvalue weighted by atomic mass is 32.2. The van der Waals surface area contributed by atoms with Crippen molar-refractivity contribution < 1.29 is 17.6 Å². The van der Waals surface area contributed by atoms with Gasteiger partial charge in [0.15, 0.2) is 0 Å². The second-order valence-electron chi connectivity index (χ2n) is 4.60. The second-order valence-corrected chi connectivity index (χ2v) is 5.58. The number of fused-ring (bicyclic) bond motifs is 1. The zero-order valence-electron chi connectivity index (χ0n) is 11.8. The van der Waals surface area contributed by atoms with Gasteiger partial charge in [0, 0.05) is 5.69 Å². The Morgan fingerprint density at radius 1 is 1.14 bits per heavy atom. The molecule has 0 bridgehead atoms. The Morgan fingerprint density at radius 2 is 1.86 bits per heavy atom. The molecule has 0 spiro atoms. The number of hydrogen-bond donors (Lipinski definition) is 0. The fourth-order valence-electron chi connectivity index (χ4n) is 1.72. The van der Waals surface area contributed by atoms with Crippen LogP contribution in [0, 0.1) is 20.8 Å². The average molecular weight is 329 g/mol. The lowest BCUT2D eigenvalue weighted by Crippen LogP contribution is -2.07. The van der Waals surface area contributed by atoms with E-state index in [1.807, 2.05) is 0 Å². The summed E-state index contributed by atoms with van der Waals surface area (Å²) in [5.41, 5.74) is 1.25. The second kappa shape index (κ2) is 4.97. The summed E-state index contributed by atoms with van der Waals surface area (Å²) in [4.78, 5) is 11.6. The number of oxazole rings is 1. The molecule has 0 aliphatic heterocycles.